The molecule has 0 bridgehead atoms. The fraction of sp³-hybridized carbons (Fsp3) is 0.167. The lowest BCUT2D eigenvalue weighted by Gasteiger charge is -1.91. The maximum absolute atomic E-state index is 10.8. The smallest absolute Gasteiger partial charge is 0.321 e. The zero-order valence-electron chi connectivity index (χ0n) is 5.76. The van der Waals surface area contributed by atoms with Gasteiger partial charge in [-0.05, 0) is 6.92 Å². The van der Waals surface area contributed by atoms with Crippen LogP contribution in [0.15, 0.2) is 9.59 Å². The molecule has 11 heavy (non-hydrogen) atoms. The molecule has 0 fully saturated rings. The Hall–Kier alpha value is -1.83. The van der Waals surface area contributed by atoms with Crippen LogP contribution in [0.3, 0.4) is 0 Å². The van der Waals surface area contributed by atoms with E-state index in [1.54, 1.807) is 0 Å². The van der Waals surface area contributed by atoms with Crippen LogP contribution < -0.4 is 11.2 Å². The fourth-order valence-corrected chi connectivity index (χ4v) is 0.728. The van der Waals surface area contributed by atoms with Crippen molar-refractivity contribution < 1.29 is 0 Å². The van der Waals surface area contributed by atoms with Gasteiger partial charge in [0.1, 0.15) is 0 Å². The van der Waals surface area contributed by atoms with Crippen molar-refractivity contribution in [3.05, 3.63) is 37.9 Å². The maximum atomic E-state index is 10.8. The Morgan fingerprint density at radius 2 is 2.00 bits per heavy atom. The average molecular weight is 151 g/mol. The number of aryl methyl sites for hydroxylation is 1. The molecule has 0 aromatic carbocycles. The van der Waals surface area contributed by atoms with Gasteiger partial charge in [0.2, 0.25) is 0 Å². The molecule has 0 spiro atoms. The fourth-order valence-electron chi connectivity index (χ4n) is 0.728. The van der Waals surface area contributed by atoms with E-state index >= 15 is 0 Å². The van der Waals surface area contributed by atoms with Crippen molar-refractivity contribution in [2.24, 2.45) is 0 Å². The monoisotopic (exact) mass is 151 g/mol. The molecule has 0 atom stereocenters. The number of rotatable bonds is 0. The van der Waals surface area contributed by atoms with Gasteiger partial charge < -0.3 is 4.98 Å². The third kappa shape index (κ3) is 1.19. The molecule has 1 aromatic heterocycles. The number of hydrogen-bond donors (Lipinski definition) is 2. The summed E-state index contributed by atoms with van der Waals surface area (Å²) in [7, 11) is 0. The molecule has 0 radical (unpaired) electrons. The first-order valence-corrected chi connectivity index (χ1v) is 2.86. The molecule has 1 heterocycles. The van der Waals surface area contributed by atoms with Crippen molar-refractivity contribution in [3.63, 3.8) is 0 Å². The zero-order valence-corrected chi connectivity index (χ0v) is 5.76. The first-order valence-electron chi connectivity index (χ1n) is 2.86. The van der Waals surface area contributed by atoms with E-state index in [-0.39, 0.29) is 5.69 Å². The predicted octanol–water partition coefficient (Wildman–Crippen LogP) is -0.0776. The maximum Gasteiger partial charge on any atom is 0.323 e. The Kier molecular flexibility index (Phi) is 1.60. The van der Waals surface area contributed by atoms with Crippen LogP contribution in [0.5, 0.6) is 0 Å². The lowest BCUT2D eigenvalue weighted by atomic mass is 10.4. The second kappa shape index (κ2) is 2.42. The molecule has 1 rings (SSSR count). The van der Waals surface area contributed by atoms with Crippen LogP contribution in [-0.4, -0.2) is 9.97 Å². The van der Waals surface area contributed by atoms with Crippen LogP contribution in [0.4, 0.5) is 5.69 Å². The second-order valence-electron chi connectivity index (χ2n) is 1.99. The van der Waals surface area contributed by atoms with Crippen molar-refractivity contribution in [1.29, 1.82) is 0 Å². The summed E-state index contributed by atoms with van der Waals surface area (Å²) in [6, 6.07) is 0. The van der Waals surface area contributed by atoms with E-state index in [9.17, 15) is 9.59 Å². The minimum Gasteiger partial charge on any atom is -0.321 e. The van der Waals surface area contributed by atoms with E-state index in [2.05, 4.69) is 9.83 Å². The summed E-state index contributed by atoms with van der Waals surface area (Å²) in [5.74, 6) is 0. The standard InChI is InChI=1S/C6H5N3O2/c1-3-4(7-2)5(10)9-6(11)8-3/h1H3,(H2,8,9,10,11). The van der Waals surface area contributed by atoms with Crippen molar-refractivity contribution >= 4 is 5.69 Å². The molecule has 0 aliphatic heterocycles. The Morgan fingerprint density at radius 1 is 1.36 bits per heavy atom. The number of nitrogens with zero attached hydrogens (tertiary/aromatic N) is 1. The molecule has 56 valence electrons. The quantitative estimate of drug-likeness (QED) is 0.509. The van der Waals surface area contributed by atoms with Gasteiger partial charge in [0.05, 0.1) is 6.57 Å². The first-order chi connectivity index (χ1) is 5.15. The minimum absolute atomic E-state index is 0.0652. The van der Waals surface area contributed by atoms with Crippen molar-refractivity contribution in [3.8, 4) is 0 Å². The van der Waals surface area contributed by atoms with Crippen LogP contribution >= 0.6 is 0 Å². The second-order valence-corrected chi connectivity index (χ2v) is 1.99. The average Bonchev–Trinajstić information content (AvgIpc) is 1.85. The van der Waals surface area contributed by atoms with Crippen LogP contribution in [0.2, 0.25) is 0 Å². The van der Waals surface area contributed by atoms with Gasteiger partial charge in [-0.15, -0.1) is 0 Å². The van der Waals surface area contributed by atoms with E-state index in [0.717, 1.165) is 0 Å². The SMILES string of the molecule is [C-]#[N+]c1c(C)[nH]c(=O)[nH]c1=O. The highest BCUT2D eigenvalue weighted by Gasteiger charge is 2.02. The Balaban J connectivity index is 3.66. The number of nitrogens with one attached hydrogen (secondary N) is 2. The normalized spacial score (nSPS) is 9.09. The van der Waals surface area contributed by atoms with Crippen LogP contribution in [-0.2, 0) is 0 Å². The Bertz CT molecular complexity index is 421. The summed E-state index contributed by atoms with van der Waals surface area (Å²) in [5.41, 5.74) is -0.987. The van der Waals surface area contributed by atoms with E-state index in [1.165, 1.54) is 6.92 Å². The van der Waals surface area contributed by atoms with E-state index in [4.69, 9.17) is 6.57 Å². The highest BCUT2D eigenvalue weighted by molar-refractivity contribution is 5.45. The van der Waals surface area contributed by atoms with Gasteiger partial charge in [0.25, 0.3) is 11.2 Å². The molecule has 0 saturated carbocycles. The molecule has 0 unspecified atom stereocenters. The molecular formula is C6H5N3O2. The van der Waals surface area contributed by atoms with E-state index < -0.39 is 11.2 Å². The van der Waals surface area contributed by atoms with E-state index in [1.807, 2.05) is 4.98 Å². The van der Waals surface area contributed by atoms with Gasteiger partial charge in [-0.3, -0.25) is 9.78 Å². The molecule has 0 aliphatic rings. The van der Waals surface area contributed by atoms with Gasteiger partial charge in [-0.2, -0.15) is 0 Å². The Morgan fingerprint density at radius 3 is 2.45 bits per heavy atom. The highest BCUT2D eigenvalue weighted by Crippen LogP contribution is 2.04. The lowest BCUT2D eigenvalue weighted by Crippen LogP contribution is -2.22. The summed E-state index contributed by atoms with van der Waals surface area (Å²) in [5, 5.41) is 0. The summed E-state index contributed by atoms with van der Waals surface area (Å²) in [4.78, 5) is 28.6. The predicted molar refractivity (Wildman–Crippen MR) is 38.7 cm³/mol. The van der Waals surface area contributed by atoms with Crippen molar-refractivity contribution in [2.75, 3.05) is 0 Å². The van der Waals surface area contributed by atoms with Crippen LogP contribution in [0.1, 0.15) is 5.69 Å². The van der Waals surface area contributed by atoms with Gasteiger partial charge >= 0.3 is 5.69 Å². The highest BCUT2D eigenvalue weighted by atomic mass is 16.2. The molecule has 5 nitrogen and oxygen atoms in total. The van der Waals surface area contributed by atoms with E-state index in [0.29, 0.717) is 5.69 Å². The van der Waals surface area contributed by atoms with Crippen LogP contribution in [0, 0.1) is 13.5 Å². The van der Waals surface area contributed by atoms with Crippen molar-refractivity contribution in [1.82, 2.24) is 9.97 Å². The molecule has 2 N–H and O–H groups in total. The minimum atomic E-state index is -0.638. The zero-order chi connectivity index (χ0) is 8.43. The molecule has 0 amide bonds. The third-order valence-corrected chi connectivity index (χ3v) is 1.21. The summed E-state index contributed by atoms with van der Waals surface area (Å²) in [6.07, 6.45) is 0. The lowest BCUT2D eigenvalue weighted by molar-refractivity contribution is 1.01. The first kappa shape index (κ1) is 7.28. The topological polar surface area (TPSA) is 70.1 Å². The number of hydrogen-bond acceptors (Lipinski definition) is 2. The summed E-state index contributed by atoms with van der Waals surface area (Å²) in [6.45, 7) is 8.08. The van der Waals surface area contributed by atoms with Gasteiger partial charge in [0.15, 0.2) is 0 Å². The number of aromatic amines is 2. The summed E-state index contributed by atoms with van der Waals surface area (Å²) < 4.78 is 0. The third-order valence-electron chi connectivity index (χ3n) is 1.21. The summed E-state index contributed by atoms with van der Waals surface area (Å²) >= 11 is 0. The van der Waals surface area contributed by atoms with Gasteiger partial charge in [-0.25, -0.2) is 9.64 Å². The molecule has 1 aromatic rings. The Labute approximate surface area is 61.5 Å². The molecule has 0 aliphatic carbocycles. The van der Waals surface area contributed by atoms with Gasteiger partial charge in [-0.1, -0.05) is 0 Å². The van der Waals surface area contributed by atoms with Crippen molar-refractivity contribution in [2.45, 2.75) is 6.92 Å². The van der Waals surface area contributed by atoms with Crippen LogP contribution in [0.25, 0.3) is 4.85 Å². The molecular weight excluding hydrogens is 146 g/mol. The largest absolute Gasteiger partial charge is 0.323 e. The molecule has 0 saturated heterocycles. The number of aromatic nitrogens is 2. The molecule has 5 heteroatoms. The number of H-pyrrole nitrogens is 2. The van der Waals surface area contributed by atoms with Gasteiger partial charge in [0, 0.05) is 5.69 Å².